The molecular weight excluding hydrogens is 279 g/mol. The number of ether oxygens (including phenoxy) is 1. The van der Waals surface area contributed by atoms with Gasteiger partial charge >= 0.3 is 0 Å². The first kappa shape index (κ1) is 14.3. The number of hydrogen-bond donors (Lipinski definition) is 1. The standard InChI is InChI=1S/C15H12ClFN2O/c1-19-9-10-2-4-14(11(6-10)8-18)20-15-5-3-12(17)7-13(15)16/h2-7,19H,9H2,1H3. The highest BCUT2D eigenvalue weighted by atomic mass is 35.5. The number of hydrogen-bond acceptors (Lipinski definition) is 3. The molecule has 2 aromatic carbocycles. The first-order valence-corrected chi connectivity index (χ1v) is 6.32. The van der Waals surface area contributed by atoms with Crippen molar-refractivity contribution in [3.8, 4) is 17.6 Å². The quantitative estimate of drug-likeness (QED) is 0.930. The van der Waals surface area contributed by atoms with Gasteiger partial charge in [-0.1, -0.05) is 17.7 Å². The van der Waals surface area contributed by atoms with E-state index in [9.17, 15) is 4.39 Å². The maximum Gasteiger partial charge on any atom is 0.146 e. The molecule has 0 radical (unpaired) electrons. The van der Waals surface area contributed by atoms with E-state index in [1.54, 1.807) is 12.1 Å². The fourth-order valence-electron chi connectivity index (χ4n) is 1.74. The van der Waals surface area contributed by atoms with Crippen LogP contribution in [-0.2, 0) is 6.54 Å². The number of benzene rings is 2. The van der Waals surface area contributed by atoms with Crippen molar-refractivity contribution < 1.29 is 9.13 Å². The lowest BCUT2D eigenvalue weighted by Gasteiger charge is -2.10. The maximum absolute atomic E-state index is 13.0. The molecular formula is C15H12ClFN2O. The van der Waals surface area contributed by atoms with Gasteiger partial charge in [0.2, 0.25) is 0 Å². The average Bonchev–Trinajstić information content (AvgIpc) is 2.43. The number of rotatable bonds is 4. The normalized spacial score (nSPS) is 10.1. The van der Waals surface area contributed by atoms with Crippen molar-refractivity contribution in [3.05, 3.63) is 58.4 Å². The third kappa shape index (κ3) is 3.27. The smallest absolute Gasteiger partial charge is 0.146 e. The summed E-state index contributed by atoms with van der Waals surface area (Å²) in [5.74, 6) is 0.263. The van der Waals surface area contributed by atoms with Gasteiger partial charge in [-0.2, -0.15) is 5.26 Å². The van der Waals surface area contributed by atoms with Crippen LogP contribution >= 0.6 is 11.6 Å². The Kier molecular flexibility index (Phi) is 4.57. The molecule has 0 unspecified atom stereocenters. The molecule has 20 heavy (non-hydrogen) atoms. The summed E-state index contributed by atoms with van der Waals surface area (Å²) in [5, 5.41) is 12.3. The summed E-state index contributed by atoms with van der Waals surface area (Å²) in [7, 11) is 1.83. The second-order valence-electron chi connectivity index (χ2n) is 4.15. The van der Waals surface area contributed by atoms with Crippen molar-refractivity contribution in [1.82, 2.24) is 5.32 Å². The van der Waals surface area contributed by atoms with Crippen molar-refractivity contribution in [3.63, 3.8) is 0 Å². The Morgan fingerprint density at radius 1 is 1.25 bits per heavy atom. The third-order valence-corrected chi connectivity index (χ3v) is 2.95. The van der Waals surface area contributed by atoms with Gasteiger partial charge in [0.25, 0.3) is 0 Å². The first-order chi connectivity index (χ1) is 9.63. The average molecular weight is 291 g/mol. The Morgan fingerprint density at radius 3 is 2.65 bits per heavy atom. The minimum absolute atomic E-state index is 0.160. The Morgan fingerprint density at radius 2 is 2.00 bits per heavy atom. The van der Waals surface area contributed by atoms with E-state index >= 15 is 0 Å². The molecule has 0 spiro atoms. The summed E-state index contributed by atoms with van der Waals surface area (Å²) in [6, 6.07) is 11.2. The summed E-state index contributed by atoms with van der Waals surface area (Å²) in [6.45, 7) is 0.659. The summed E-state index contributed by atoms with van der Waals surface area (Å²) >= 11 is 5.90. The highest BCUT2D eigenvalue weighted by Gasteiger charge is 2.09. The second-order valence-corrected chi connectivity index (χ2v) is 4.56. The van der Waals surface area contributed by atoms with E-state index in [1.807, 2.05) is 13.1 Å². The molecule has 3 nitrogen and oxygen atoms in total. The van der Waals surface area contributed by atoms with E-state index in [0.29, 0.717) is 23.6 Å². The highest BCUT2D eigenvalue weighted by molar-refractivity contribution is 6.32. The Balaban J connectivity index is 2.31. The third-order valence-electron chi connectivity index (χ3n) is 2.66. The van der Waals surface area contributed by atoms with Crippen LogP contribution in [0.2, 0.25) is 5.02 Å². The van der Waals surface area contributed by atoms with Gasteiger partial charge in [0.15, 0.2) is 0 Å². The molecule has 102 valence electrons. The lowest BCUT2D eigenvalue weighted by molar-refractivity contribution is 0.479. The summed E-state index contributed by atoms with van der Waals surface area (Å²) < 4.78 is 18.5. The van der Waals surface area contributed by atoms with Crippen LogP contribution in [0.3, 0.4) is 0 Å². The molecule has 0 aliphatic carbocycles. The number of nitrogens with zero attached hydrogens (tertiary/aromatic N) is 1. The molecule has 0 fully saturated rings. The zero-order chi connectivity index (χ0) is 14.5. The van der Waals surface area contributed by atoms with E-state index in [1.165, 1.54) is 12.1 Å². The predicted octanol–water partition coefficient (Wildman–Crippen LogP) is 3.86. The molecule has 0 bridgehead atoms. The van der Waals surface area contributed by atoms with E-state index in [0.717, 1.165) is 11.6 Å². The summed E-state index contributed by atoms with van der Waals surface area (Å²) in [4.78, 5) is 0. The van der Waals surface area contributed by atoms with Crippen molar-refractivity contribution in [2.75, 3.05) is 7.05 Å². The minimum Gasteiger partial charge on any atom is -0.454 e. The van der Waals surface area contributed by atoms with Crippen LogP contribution in [0.4, 0.5) is 4.39 Å². The van der Waals surface area contributed by atoms with E-state index < -0.39 is 5.82 Å². The summed E-state index contributed by atoms with van der Waals surface area (Å²) in [5.41, 5.74) is 1.37. The Bertz CT molecular complexity index is 667. The number of halogens is 2. The van der Waals surface area contributed by atoms with E-state index in [-0.39, 0.29) is 5.02 Å². The van der Waals surface area contributed by atoms with E-state index in [2.05, 4.69) is 11.4 Å². The van der Waals surface area contributed by atoms with Crippen molar-refractivity contribution >= 4 is 11.6 Å². The van der Waals surface area contributed by atoms with Gasteiger partial charge < -0.3 is 10.1 Å². The maximum atomic E-state index is 13.0. The molecule has 0 atom stereocenters. The van der Waals surface area contributed by atoms with Crippen molar-refractivity contribution in [2.45, 2.75) is 6.54 Å². The van der Waals surface area contributed by atoms with Crippen molar-refractivity contribution in [2.24, 2.45) is 0 Å². The van der Waals surface area contributed by atoms with Crippen LogP contribution in [0, 0.1) is 17.1 Å². The minimum atomic E-state index is -0.438. The fourth-order valence-corrected chi connectivity index (χ4v) is 1.95. The zero-order valence-electron chi connectivity index (χ0n) is 10.8. The summed E-state index contributed by atoms with van der Waals surface area (Å²) in [6.07, 6.45) is 0. The topological polar surface area (TPSA) is 45.0 Å². The molecule has 1 N–H and O–H groups in total. The van der Waals surface area contributed by atoms with Gasteiger partial charge in [-0.3, -0.25) is 0 Å². The predicted molar refractivity (Wildman–Crippen MR) is 75.4 cm³/mol. The molecule has 0 amide bonds. The monoisotopic (exact) mass is 290 g/mol. The Hall–Kier alpha value is -2.09. The molecule has 0 heterocycles. The largest absolute Gasteiger partial charge is 0.454 e. The molecule has 2 rings (SSSR count). The van der Waals surface area contributed by atoms with Gasteiger partial charge in [0.1, 0.15) is 23.4 Å². The molecule has 0 saturated carbocycles. The van der Waals surface area contributed by atoms with Crippen LogP contribution in [-0.4, -0.2) is 7.05 Å². The molecule has 2 aromatic rings. The van der Waals surface area contributed by atoms with Crippen LogP contribution in [0.1, 0.15) is 11.1 Å². The Labute approximate surface area is 121 Å². The number of nitrogens with one attached hydrogen (secondary N) is 1. The van der Waals surface area contributed by atoms with E-state index in [4.69, 9.17) is 21.6 Å². The molecule has 0 aromatic heterocycles. The SMILES string of the molecule is CNCc1ccc(Oc2ccc(F)cc2Cl)c(C#N)c1. The van der Waals surface area contributed by atoms with Gasteiger partial charge in [-0.25, -0.2) is 4.39 Å². The highest BCUT2D eigenvalue weighted by Crippen LogP contribution is 2.31. The lowest BCUT2D eigenvalue weighted by Crippen LogP contribution is -2.05. The van der Waals surface area contributed by atoms with Gasteiger partial charge in [0, 0.05) is 6.54 Å². The fraction of sp³-hybridized carbons (Fsp3) is 0.133. The van der Waals surface area contributed by atoms with Crippen LogP contribution in [0.5, 0.6) is 11.5 Å². The molecule has 0 aliphatic heterocycles. The van der Waals surface area contributed by atoms with Gasteiger partial charge in [-0.05, 0) is 42.9 Å². The van der Waals surface area contributed by atoms with Crippen LogP contribution in [0.15, 0.2) is 36.4 Å². The van der Waals surface area contributed by atoms with Crippen molar-refractivity contribution in [1.29, 1.82) is 5.26 Å². The van der Waals surface area contributed by atoms with Gasteiger partial charge in [-0.15, -0.1) is 0 Å². The first-order valence-electron chi connectivity index (χ1n) is 5.94. The van der Waals surface area contributed by atoms with Gasteiger partial charge in [0.05, 0.1) is 10.6 Å². The number of nitriles is 1. The lowest BCUT2D eigenvalue weighted by atomic mass is 10.1. The molecule has 0 saturated heterocycles. The molecule has 5 heteroatoms. The van der Waals surface area contributed by atoms with Crippen LogP contribution in [0.25, 0.3) is 0 Å². The zero-order valence-corrected chi connectivity index (χ0v) is 11.5. The van der Waals surface area contributed by atoms with Crippen LogP contribution < -0.4 is 10.1 Å². The second kappa shape index (κ2) is 6.38. The molecule has 0 aliphatic rings.